The summed E-state index contributed by atoms with van der Waals surface area (Å²) in [5.41, 5.74) is 0. The van der Waals surface area contributed by atoms with Crippen molar-refractivity contribution in [1.82, 2.24) is 0 Å². The van der Waals surface area contributed by atoms with Crippen molar-refractivity contribution in [1.29, 1.82) is 0 Å². The molecule has 1 unspecified atom stereocenters. The minimum atomic E-state index is 0.953. The van der Waals surface area contributed by atoms with Gasteiger partial charge in [-0.1, -0.05) is 100 Å². The fraction of sp³-hybridized carbons (Fsp3) is 1.00. The minimum Gasteiger partial charge on any atom is -0.0928 e. The third-order valence-electron chi connectivity index (χ3n) is 3.63. The molecule has 0 aromatic heterocycles. The van der Waals surface area contributed by atoms with Crippen LogP contribution in [0.3, 0.4) is 0 Å². The molecule has 1 atom stereocenters. The topological polar surface area (TPSA) is 0 Å². The van der Waals surface area contributed by atoms with Gasteiger partial charge < -0.3 is 0 Å². The van der Waals surface area contributed by atoms with E-state index in [2.05, 4.69) is 29.8 Å². The molecule has 0 bridgehead atoms. The van der Waals surface area contributed by atoms with Crippen LogP contribution in [0.15, 0.2) is 0 Å². The lowest BCUT2D eigenvalue weighted by molar-refractivity contribution is 0.441. The minimum absolute atomic E-state index is 0.953. The molecule has 0 amide bonds. The van der Waals surface area contributed by atoms with Crippen LogP contribution < -0.4 is 0 Å². The predicted octanol–water partition coefficient (Wildman–Crippen LogP) is 6.72. The lowest BCUT2D eigenvalue weighted by Gasteiger charge is -2.10. The third-order valence-corrected chi connectivity index (χ3v) is 4.19. The van der Waals surface area contributed by atoms with Gasteiger partial charge in [-0.15, -0.1) is 0 Å². The van der Waals surface area contributed by atoms with Crippen LogP contribution in [0.4, 0.5) is 0 Å². The first kappa shape index (κ1) is 17.5. The summed E-state index contributed by atoms with van der Waals surface area (Å²) in [6.07, 6.45) is 17.2. The molecule has 17 heavy (non-hydrogen) atoms. The monoisotopic (exact) mass is 304 g/mol. The molecule has 0 aliphatic heterocycles. The van der Waals surface area contributed by atoms with Crippen molar-refractivity contribution >= 4 is 15.9 Å². The molecule has 0 aromatic rings. The summed E-state index contributed by atoms with van der Waals surface area (Å²) in [4.78, 5) is 0. The van der Waals surface area contributed by atoms with E-state index in [4.69, 9.17) is 0 Å². The highest BCUT2D eigenvalue weighted by molar-refractivity contribution is 9.09. The Bertz CT molecular complexity index is 133. The number of hydrogen-bond donors (Lipinski definition) is 0. The second kappa shape index (κ2) is 14.5. The van der Waals surface area contributed by atoms with E-state index in [0.29, 0.717) is 0 Å². The second-order valence-electron chi connectivity index (χ2n) is 5.55. The van der Waals surface area contributed by atoms with E-state index < -0.39 is 0 Å². The molecule has 1 heteroatoms. The maximum atomic E-state index is 3.50. The molecule has 0 spiro atoms. The first-order valence-corrected chi connectivity index (χ1v) is 8.99. The van der Waals surface area contributed by atoms with Gasteiger partial charge in [0.1, 0.15) is 0 Å². The summed E-state index contributed by atoms with van der Waals surface area (Å²) in [5.74, 6) is 0.953. The summed E-state index contributed by atoms with van der Waals surface area (Å²) in [6, 6.07) is 0. The second-order valence-corrected chi connectivity index (χ2v) is 6.35. The molecule has 0 N–H and O–H groups in total. The first-order chi connectivity index (χ1) is 8.31. The third kappa shape index (κ3) is 14.4. The Labute approximate surface area is 118 Å². The Balaban J connectivity index is 3.05. The van der Waals surface area contributed by atoms with Crippen molar-refractivity contribution in [3.63, 3.8) is 0 Å². The van der Waals surface area contributed by atoms with E-state index >= 15 is 0 Å². The highest BCUT2D eigenvalue weighted by atomic mass is 79.9. The van der Waals surface area contributed by atoms with Crippen LogP contribution in [0.2, 0.25) is 0 Å². The molecule has 0 saturated carbocycles. The van der Waals surface area contributed by atoms with Gasteiger partial charge in [0.15, 0.2) is 0 Å². The Morgan fingerprint density at radius 2 is 1.18 bits per heavy atom. The average Bonchev–Trinajstić information content (AvgIpc) is 2.33. The number of rotatable bonds is 13. The highest BCUT2D eigenvalue weighted by Crippen LogP contribution is 2.17. The Morgan fingerprint density at radius 1 is 0.706 bits per heavy atom. The summed E-state index contributed by atoms with van der Waals surface area (Å²) < 4.78 is 0. The molecular weight excluding hydrogens is 272 g/mol. The number of hydrogen-bond acceptors (Lipinski definition) is 0. The molecule has 0 aliphatic rings. The van der Waals surface area contributed by atoms with Gasteiger partial charge >= 0.3 is 0 Å². The van der Waals surface area contributed by atoms with Gasteiger partial charge in [0.25, 0.3) is 0 Å². The molecule has 0 heterocycles. The molecule has 104 valence electrons. The molecule has 0 saturated heterocycles. The molecule has 0 rings (SSSR count). The molecule has 0 aromatic carbocycles. The van der Waals surface area contributed by atoms with E-state index in [-0.39, 0.29) is 0 Å². The Morgan fingerprint density at radius 3 is 1.71 bits per heavy atom. The van der Waals surface area contributed by atoms with Crippen LogP contribution in [-0.4, -0.2) is 5.33 Å². The maximum absolute atomic E-state index is 3.50. The van der Waals surface area contributed by atoms with Crippen molar-refractivity contribution in [3.8, 4) is 0 Å². The average molecular weight is 305 g/mol. The van der Waals surface area contributed by atoms with Crippen molar-refractivity contribution in [2.45, 2.75) is 90.9 Å². The van der Waals surface area contributed by atoms with Gasteiger partial charge in [0, 0.05) is 5.33 Å². The lowest BCUT2D eigenvalue weighted by atomic mass is 9.97. The smallest absolute Gasteiger partial charge is 0.00313 e. The van der Waals surface area contributed by atoms with Crippen molar-refractivity contribution in [2.24, 2.45) is 5.92 Å². The van der Waals surface area contributed by atoms with Gasteiger partial charge in [-0.05, 0) is 12.3 Å². The Kier molecular flexibility index (Phi) is 15.0. The zero-order chi connectivity index (χ0) is 12.8. The van der Waals surface area contributed by atoms with Crippen molar-refractivity contribution in [3.05, 3.63) is 0 Å². The predicted molar refractivity (Wildman–Crippen MR) is 84.0 cm³/mol. The summed E-state index contributed by atoms with van der Waals surface area (Å²) in [5, 5.41) is 1.18. The summed E-state index contributed by atoms with van der Waals surface area (Å²) in [7, 11) is 0. The van der Waals surface area contributed by atoms with E-state index in [1.807, 2.05) is 0 Å². The van der Waals surface area contributed by atoms with E-state index in [1.54, 1.807) is 0 Å². The van der Waals surface area contributed by atoms with Crippen molar-refractivity contribution in [2.75, 3.05) is 5.33 Å². The Hall–Kier alpha value is 0.480. The first-order valence-electron chi connectivity index (χ1n) is 7.87. The summed E-state index contributed by atoms with van der Waals surface area (Å²) >= 11 is 3.50. The van der Waals surface area contributed by atoms with Gasteiger partial charge in [-0.2, -0.15) is 0 Å². The normalized spacial score (nSPS) is 12.9. The highest BCUT2D eigenvalue weighted by Gasteiger charge is 2.01. The van der Waals surface area contributed by atoms with Crippen LogP contribution in [0.1, 0.15) is 90.9 Å². The molecule has 0 radical (unpaired) electrons. The van der Waals surface area contributed by atoms with Gasteiger partial charge in [0.05, 0.1) is 0 Å². The quantitative estimate of drug-likeness (QED) is 0.262. The maximum Gasteiger partial charge on any atom is 0.00313 e. The molecule has 0 aliphatic carbocycles. The summed E-state index contributed by atoms with van der Waals surface area (Å²) in [6.45, 7) is 4.71. The molecular formula is C16H33Br. The van der Waals surface area contributed by atoms with Gasteiger partial charge in [-0.3, -0.25) is 0 Å². The zero-order valence-electron chi connectivity index (χ0n) is 12.1. The number of unbranched alkanes of at least 4 members (excludes halogenated alkanes) is 8. The molecule has 0 nitrogen and oxygen atoms in total. The lowest BCUT2D eigenvalue weighted by Crippen LogP contribution is -1.95. The van der Waals surface area contributed by atoms with E-state index in [9.17, 15) is 0 Å². The van der Waals surface area contributed by atoms with E-state index in [0.717, 1.165) is 5.92 Å². The van der Waals surface area contributed by atoms with Crippen LogP contribution in [0.5, 0.6) is 0 Å². The SMILES string of the molecule is CCCCCCCCCCC(C)CCCCBr. The van der Waals surface area contributed by atoms with Crippen LogP contribution in [0, 0.1) is 5.92 Å². The van der Waals surface area contributed by atoms with Crippen LogP contribution in [0.25, 0.3) is 0 Å². The zero-order valence-corrected chi connectivity index (χ0v) is 13.7. The fourth-order valence-corrected chi connectivity index (χ4v) is 2.75. The standard InChI is InChI=1S/C16H33Br/c1-3-4-5-6-7-8-9-10-13-16(2)14-11-12-15-17/h16H,3-15H2,1-2H3. The van der Waals surface area contributed by atoms with Crippen LogP contribution in [-0.2, 0) is 0 Å². The fourth-order valence-electron chi connectivity index (χ4n) is 2.36. The van der Waals surface area contributed by atoms with Crippen LogP contribution >= 0.6 is 15.9 Å². The number of halogens is 1. The largest absolute Gasteiger partial charge is 0.0928 e. The molecule has 0 fully saturated rings. The van der Waals surface area contributed by atoms with Gasteiger partial charge in [0.2, 0.25) is 0 Å². The number of alkyl halides is 1. The van der Waals surface area contributed by atoms with Gasteiger partial charge in [-0.25, -0.2) is 0 Å². The van der Waals surface area contributed by atoms with E-state index in [1.165, 1.54) is 82.4 Å². The van der Waals surface area contributed by atoms with Crippen molar-refractivity contribution < 1.29 is 0 Å².